The van der Waals surface area contributed by atoms with Crippen LogP contribution in [-0.2, 0) is 11.2 Å². The third-order valence-corrected chi connectivity index (χ3v) is 3.94. The predicted octanol–water partition coefficient (Wildman–Crippen LogP) is 2.49. The molecule has 0 bridgehead atoms. The van der Waals surface area contributed by atoms with E-state index in [1.54, 1.807) is 11.3 Å². The first-order valence-electron chi connectivity index (χ1n) is 5.30. The standard InChI is InChI=1S/C11H15NO2S/c1-7-12-9(6-15-7)5-8-3-2-4-10(8)11(13)14/h6,8,10H,2-5H2,1H3,(H,13,14). The fraction of sp³-hybridized carbons (Fsp3) is 0.636. The highest BCUT2D eigenvalue weighted by atomic mass is 32.1. The molecule has 0 aromatic carbocycles. The number of aromatic nitrogens is 1. The summed E-state index contributed by atoms with van der Waals surface area (Å²) in [5, 5.41) is 12.2. The molecule has 0 aliphatic heterocycles. The van der Waals surface area contributed by atoms with Crippen LogP contribution in [0.5, 0.6) is 0 Å². The minimum absolute atomic E-state index is 0.146. The van der Waals surface area contributed by atoms with Crippen molar-refractivity contribution in [3.05, 3.63) is 16.1 Å². The predicted molar refractivity (Wildman–Crippen MR) is 59.0 cm³/mol. The van der Waals surface area contributed by atoms with Gasteiger partial charge in [-0.05, 0) is 32.1 Å². The molecule has 0 saturated heterocycles. The van der Waals surface area contributed by atoms with Gasteiger partial charge in [0, 0.05) is 5.38 Å². The van der Waals surface area contributed by atoms with Crippen LogP contribution in [-0.4, -0.2) is 16.1 Å². The summed E-state index contributed by atoms with van der Waals surface area (Å²) in [6.07, 6.45) is 3.75. The summed E-state index contributed by atoms with van der Waals surface area (Å²) in [5.41, 5.74) is 1.07. The summed E-state index contributed by atoms with van der Waals surface area (Å²) in [5.74, 6) is -0.486. The second-order valence-electron chi connectivity index (χ2n) is 4.20. The largest absolute Gasteiger partial charge is 0.481 e. The molecule has 1 aromatic rings. The van der Waals surface area contributed by atoms with Crippen LogP contribution in [0.3, 0.4) is 0 Å². The van der Waals surface area contributed by atoms with Crippen molar-refractivity contribution >= 4 is 17.3 Å². The first-order chi connectivity index (χ1) is 7.16. The number of hydrogen-bond acceptors (Lipinski definition) is 3. The zero-order valence-electron chi connectivity index (χ0n) is 8.77. The van der Waals surface area contributed by atoms with Crippen molar-refractivity contribution in [2.24, 2.45) is 11.8 Å². The van der Waals surface area contributed by atoms with Crippen LogP contribution in [0.15, 0.2) is 5.38 Å². The number of hydrogen-bond donors (Lipinski definition) is 1. The number of carboxylic acids is 1. The maximum atomic E-state index is 11.0. The highest BCUT2D eigenvalue weighted by Crippen LogP contribution is 2.34. The lowest BCUT2D eigenvalue weighted by atomic mass is 9.92. The number of thiazole rings is 1. The number of nitrogens with zero attached hydrogens (tertiary/aromatic N) is 1. The molecule has 0 radical (unpaired) electrons. The number of aliphatic carboxylic acids is 1. The summed E-state index contributed by atoms with van der Waals surface area (Å²) in [7, 11) is 0. The van der Waals surface area contributed by atoms with Gasteiger partial charge in [0.05, 0.1) is 16.6 Å². The van der Waals surface area contributed by atoms with Gasteiger partial charge in [0.1, 0.15) is 0 Å². The zero-order chi connectivity index (χ0) is 10.8. The van der Waals surface area contributed by atoms with Gasteiger partial charge in [0.25, 0.3) is 0 Å². The van der Waals surface area contributed by atoms with Gasteiger partial charge in [0.2, 0.25) is 0 Å². The molecule has 1 N–H and O–H groups in total. The molecule has 2 rings (SSSR count). The molecule has 1 aromatic heterocycles. The molecule has 15 heavy (non-hydrogen) atoms. The van der Waals surface area contributed by atoms with Crippen molar-refractivity contribution in [3.8, 4) is 0 Å². The van der Waals surface area contributed by atoms with Crippen molar-refractivity contribution in [1.82, 2.24) is 4.98 Å². The highest BCUT2D eigenvalue weighted by Gasteiger charge is 2.33. The Kier molecular flexibility index (Phi) is 3.05. The molecule has 1 aliphatic rings. The maximum Gasteiger partial charge on any atom is 0.306 e. The molecular weight excluding hydrogens is 210 g/mol. The Morgan fingerprint density at radius 3 is 3.07 bits per heavy atom. The Bertz CT molecular complexity index is 361. The maximum absolute atomic E-state index is 11.0. The Balaban J connectivity index is 2.02. The molecule has 1 saturated carbocycles. The fourth-order valence-electron chi connectivity index (χ4n) is 2.38. The summed E-state index contributed by atoms with van der Waals surface area (Å²) in [6.45, 7) is 1.98. The number of carboxylic acid groups (broad SMARTS) is 1. The van der Waals surface area contributed by atoms with E-state index in [1.807, 2.05) is 12.3 Å². The van der Waals surface area contributed by atoms with Gasteiger partial charge in [-0.2, -0.15) is 0 Å². The van der Waals surface area contributed by atoms with E-state index in [2.05, 4.69) is 4.98 Å². The quantitative estimate of drug-likeness (QED) is 0.859. The van der Waals surface area contributed by atoms with Crippen molar-refractivity contribution in [3.63, 3.8) is 0 Å². The smallest absolute Gasteiger partial charge is 0.306 e. The van der Waals surface area contributed by atoms with Gasteiger partial charge in [-0.25, -0.2) is 4.98 Å². The number of rotatable bonds is 3. The second kappa shape index (κ2) is 4.31. The Hall–Kier alpha value is -0.900. The lowest BCUT2D eigenvalue weighted by molar-refractivity contribution is -0.142. The first kappa shape index (κ1) is 10.6. The molecule has 1 heterocycles. The third kappa shape index (κ3) is 2.37. The van der Waals surface area contributed by atoms with E-state index >= 15 is 0 Å². The van der Waals surface area contributed by atoms with E-state index in [4.69, 9.17) is 5.11 Å². The number of carbonyl (C=O) groups is 1. The van der Waals surface area contributed by atoms with Gasteiger partial charge in [0.15, 0.2) is 0 Å². The topological polar surface area (TPSA) is 50.2 Å². The lowest BCUT2D eigenvalue weighted by Crippen LogP contribution is -2.20. The summed E-state index contributed by atoms with van der Waals surface area (Å²) < 4.78 is 0. The minimum atomic E-state index is -0.635. The highest BCUT2D eigenvalue weighted by molar-refractivity contribution is 7.09. The van der Waals surface area contributed by atoms with Crippen molar-refractivity contribution in [2.45, 2.75) is 32.6 Å². The average Bonchev–Trinajstić information content (AvgIpc) is 2.75. The normalized spacial score (nSPS) is 25.7. The Morgan fingerprint density at radius 2 is 2.47 bits per heavy atom. The minimum Gasteiger partial charge on any atom is -0.481 e. The zero-order valence-corrected chi connectivity index (χ0v) is 9.59. The molecule has 3 nitrogen and oxygen atoms in total. The second-order valence-corrected chi connectivity index (χ2v) is 5.26. The van der Waals surface area contributed by atoms with E-state index < -0.39 is 5.97 Å². The molecular formula is C11H15NO2S. The van der Waals surface area contributed by atoms with Gasteiger partial charge in [-0.1, -0.05) is 6.42 Å². The lowest BCUT2D eigenvalue weighted by Gasteiger charge is -2.13. The van der Waals surface area contributed by atoms with Gasteiger partial charge in [-0.15, -0.1) is 11.3 Å². The summed E-state index contributed by atoms with van der Waals surface area (Å²) >= 11 is 1.64. The molecule has 1 aliphatic carbocycles. The van der Waals surface area contributed by atoms with Crippen molar-refractivity contribution in [2.75, 3.05) is 0 Å². The van der Waals surface area contributed by atoms with E-state index in [-0.39, 0.29) is 5.92 Å². The van der Waals surface area contributed by atoms with Gasteiger partial charge < -0.3 is 5.11 Å². The molecule has 82 valence electrons. The fourth-order valence-corrected chi connectivity index (χ4v) is 3.00. The van der Waals surface area contributed by atoms with Crippen LogP contribution < -0.4 is 0 Å². The van der Waals surface area contributed by atoms with Gasteiger partial charge >= 0.3 is 5.97 Å². The Labute approximate surface area is 93.2 Å². The van der Waals surface area contributed by atoms with E-state index in [0.717, 1.165) is 36.4 Å². The molecule has 2 atom stereocenters. The molecule has 0 amide bonds. The van der Waals surface area contributed by atoms with Crippen LogP contribution in [0.4, 0.5) is 0 Å². The molecule has 2 unspecified atom stereocenters. The van der Waals surface area contributed by atoms with E-state index in [0.29, 0.717) is 5.92 Å². The number of aryl methyl sites for hydroxylation is 1. The third-order valence-electron chi connectivity index (χ3n) is 3.11. The summed E-state index contributed by atoms with van der Waals surface area (Å²) in [4.78, 5) is 15.4. The van der Waals surface area contributed by atoms with Crippen molar-refractivity contribution < 1.29 is 9.90 Å². The van der Waals surface area contributed by atoms with E-state index in [9.17, 15) is 4.79 Å². The summed E-state index contributed by atoms with van der Waals surface area (Å²) in [6, 6.07) is 0. The SMILES string of the molecule is Cc1nc(CC2CCCC2C(=O)O)cs1. The average molecular weight is 225 g/mol. The van der Waals surface area contributed by atoms with Crippen LogP contribution in [0.1, 0.15) is 30.0 Å². The molecule has 1 fully saturated rings. The molecule has 0 spiro atoms. The Morgan fingerprint density at radius 1 is 1.67 bits per heavy atom. The van der Waals surface area contributed by atoms with Crippen LogP contribution in [0, 0.1) is 18.8 Å². The van der Waals surface area contributed by atoms with Crippen LogP contribution >= 0.6 is 11.3 Å². The van der Waals surface area contributed by atoms with Gasteiger partial charge in [-0.3, -0.25) is 4.79 Å². The van der Waals surface area contributed by atoms with Crippen LogP contribution in [0.2, 0.25) is 0 Å². The molecule has 4 heteroatoms. The first-order valence-corrected chi connectivity index (χ1v) is 6.18. The monoisotopic (exact) mass is 225 g/mol. The van der Waals surface area contributed by atoms with Crippen LogP contribution in [0.25, 0.3) is 0 Å². The van der Waals surface area contributed by atoms with E-state index in [1.165, 1.54) is 0 Å². The van der Waals surface area contributed by atoms with Crippen molar-refractivity contribution in [1.29, 1.82) is 0 Å².